The second kappa shape index (κ2) is 8.89. The maximum absolute atomic E-state index is 13.9. The predicted molar refractivity (Wildman–Crippen MR) is 133 cm³/mol. The van der Waals surface area contributed by atoms with Crippen LogP contribution in [0.2, 0.25) is 0 Å². The first-order valence-electron chi connectivity index (χ1n) is 11.5. The van der Waals surface area contributed by atoms with Gasteiger partial charge in [0, 0.05) is 21.3 Å². The Bertz CT molecular complexity index is 935. The highest BCUT2D eigenvalue weighted by Gasteiger charge is 2.76. The molecule has 3 heterocycles. The minimum Gasteiger partial charge on any atom is -0.394 e. The third-order valence-electron chi connectivity index (χ3n) is 6.89. The lowest BCUT2D eigenvalue weighted by Gasteiger charge is -2.38. The summed E-state index contributed by atoms with van der Waals surface area (Å²) in [5.41, 5.74) is 0.210. The van der Waals surface area contributed by atoms with E-state index < -0.39 is 34.2 Å². The molecule has 1 aromatic carbocycles. The van der Waals surface area contributed by atoms with Crippen LogP contribution in [-0.2, 0) is 14.4 Å². The van der Waals surface area contributed by atoms with Gasteiger partial charge in [0.15, 0.2) is 0 Å². The number of nitrogens with one attached hydrogen (secondary N) is 2. The van der Waals surface area contributed by atoms with Gasteiger partial charge in [-0.2, -0.15) is 0 Å². The Kier molecular flexibility index (Phi) is 6.61. The summed E-state index contributed by atoms with van der Waals surface area (Å²) >= 11 is 5.36. The minimum atomic E-state index is -0.740. The van der Waals surface area contributed by atoms with Crippen molar-refractivity contribution < 1.29 is 19.5 Å². The smallest absolute Gasteiger partial charge is 0.244 e. The first kappa shape index (κ1) is 24.5. The number of anilines is 1. The van der Waals surface area contributed by atoms with Crippen molar-refractivity contribution in [1.29, 1.82) is 0 Å². The van der Waals surface area contributed by atoms with E-state index in [0.29, 0.717) is 18.5 Å². The van der Waals surface area contributed by atoms with Crippen molar-refractivity contribution in [3.63, 3.8) is 0 Å². The molecule has 180 valence electrons. The highest BCUT2D eigenvalue weighted by atomic mass is 79.9. The van der Waals surface area contributed by atoms with E-state index in [1.54, 1.807) is 16.7 Å². The number of carbonyl (C=O) groups excluding carboxylic acids is 3. The van der Waals surface area contributed by atoms with E-state index in [1.165, 1.54) is 0 Å². The van der Waals surface area contributed by atoms with Crippen LogP contribution in [0.4, 0.5) is 5.69 Å². The zero-order valence-electron chi connectivity index (χ0n) is 19.4. The van der Waals surface area contributed by atoms with Gasteiger partial charge in [0.1, 0.15) is 6.04 Å². The second-order valence-electron chi connectivity index (χ2n) is 10.2. The van der Waals surface area contributed by atoms with E-state index in [2.05, 4.69) is 26.6 Å². The molecule has 2 bridgehead atoms. The number of aliphatic hydroxyl groups excluding tert-OH is 1. The van der Waals surface area contributed by atoms with E-state index in [-0.39, 0.29) is 34.4 Å². The minimum absolute atomic E-state index is 0.0113. The van der Waals surface area contributed by atoms with Gasteiger partial charge in [-0.05, 0) is 45.7 Å². The van der Waals surface area contributed by atoms with Crippen molar-refractivity contribution in [3.8, 4) is 0 Å². The fraction of sp³-hybridized carbons (Fsp3) is 0.625. The third-order valence-corrected chi connectivity index (χ3v) is 10.1. The fourth-order valence-corrected chi connectivity index (χ4v) is 9.26. The van der Waals surface area contributed by atoms with Crippen LogP contribution in [0.3, 0.4) is 0 Å². The van der Waals surface area contributed by atoms with Gasteiger partial charge in [-0.1, -0.05) is 41.1 Å². The SMILES string of the molecule is CC[C@@H](CO)N1C(=O)[C@@H]2[C@H](C(=O)Nc3ccccc3)[C@H]3SC2(CC3Br)C1C(=O)NC(C)(C)C. The highest BCUT2D eigenvalue weighted by Crippen LogP contribution is 2.68. The Labute approximate surface area is 207 Å². The molecule has 1 aromatic rings. The molecule has 0 saturated carbocycles. The van der Waals surface area contributed by atoms with Gasteiger partial charge in [0.05, 0.1) is 29.2 Å². The molecule has 7 atom stereocenters. The van der Waals surface area contributed by atoms with Crippen molar-refractivity contribution in [3.05, 3.63) is 30.3 Å². The third kappa shape index (κ3) is 4.10. The number of rotatable bonds is 6. The monoisotopic (exact) mass is 537 g/mol. The normalized spacial score (nSPS) is 33.7. The van der Waals surface area contributed by atoms with Crippen molar-refractivity contribution in [2.75, 3.05) is 11.9 Å². The van der Waals surface area contributed by atoms with Gasteiger partial charge in [-0.15, -0.1) is 11.8 Å². The first-order chi connectivity index (χ1) is 15.5. The summed E-state index contributed by atoms with van der Waals surface area (Å²) in [5.74, 6) is -1.79. The summed E-state index contributed by atoms with van der Waals surface area (Å²) < 4.78 is -0.716. The Morgan fingerprint density at radius 1 is 1.27 bits per heavy atom. The van der Waals surface area contributed by atoms with Gasteiger partial charge in [-0.25, -0.2) is 0 Å². The maximum atomic E-state index is 13.9. The lowest BCUT2D eigenvalue weighted by molar-refractivity contribution is -0.142. The molecule has 3 aliphatic heterocycles. The van der Waals surface area contributed by atoms with Gasteiger partial charge in [-0.3, -0.25) is 14.4 Å². The number of nitrogens with zero attached hydrogens (tertiary/aromatic N) is 1. The molecule has 3 saturated heterocycles. The number of carbonyl (C=O) groups is 3. The van der Waals surface area contributed by atoms with Crippen molar-refractivity contribution in [2.24, 2.45) is 11.8 Å². The molecule has 9 heteroatoms. The molecule has 3 N–H and O–H groups in total. The summed E-state index contributed by atoms with van der Waals surface area (Å²) in [6, 6.07) is 8.01. The van der Waals surface area contributed by atoms with Gasteiger partial charge in [0.2, 0.25) is 17.7 Å². The molecule has 7 nitrogen and oxygen atoms in total. The number of benzene rings is 1. The quantitative estimate of drug-likeness (QED) is 0.484. The number of hydrogen-bond donors (Lipinski definition) is 3. The standard InChI is InChI=1S/C24H32BrN3O4S/c1-5-14(12-29)28-19(21(31)27-23(2,3)4)24-11-15(25)18(33-24)16(17(24)22(28)32)20(30)26-13-9-7-6-8-10-13/h6-10,14-19,29H,5,11-12H2,1-4H3,(H,26,30)(H,27,31)/t14-,15?,16-,17-,18-,19?,24?/m0/s1. The Morgan fingerprint density at radius 2 is 1.94 bits per heavy atom. The van der Waals surface area contributed by atoms with Crippen LogP contribution < -0.4 is 10.6 Å². The zero-order valence-corrected chi connectivity index (χ0v) is 21.8. The fourth-order valence-electron chi connectivity index (χ4n) is 5.66. The summed E-state index contributed by atoms with van der Waals surface area (Å²) in [7, 11) is 0. The van der Waals surface area contributed by atoms with Gasteiger partial charge >= 0.3 is 0 Å². The summed E-state index contributed by atoms with van der Waals surface area (Å²) in [5, 5.41) is 16.0. The summed E-state index contributed by atoms with van der Waals surface area (Å²) in [6.07, 6.45) is 1.14. The topological polar surface area (TPSA) is 98.7 Å². The Morgan fingerprint density at radius 3 is 2.52 bits per heavy atom. The second-order valence-corrected chi connectivity index (χ2v) is 13.0. The van der Waals surface area contributed by atoms with E-state index in [4.69, 9.17) is 0 Å². The number of hydrogen-bond acceptors (Lipinski definition) is 5. The average molecular weight is 539 g/mol. The van der Waals surface area contributed by atoms with E-state index in [0.717, 1.165) is 0 Å². The number of aliphatic hydroxyl groups is 1. The molecule has 33 heavy (non-hydrogen) atoms. The molecule has 1 spiro atoms. The van der Waals surface area contributed by atoms with E-state index in [1.807, 2.05) is 58.0 Å². The Hall–Kier alpha value is -1.58. The van der Waals surface area contributed by atoms with Gasteiger partial charge in [0.25, 0.3) is 0 Å². The van der Waals surface area contributed by atoms with Crippen molar-refractivity contribution >= 4 is 51.1 Å². The average Bonchev–Trinajstić information content (AvgIpc) is 3.32. The molecule has 0 aromatic heterocycles. The van der Waals surface area contributed by atoms with E-state index in [9.17, 15) is 19.5 Å². The molecular formula is C24H32BrN3O4S. The van der Waals surface area contributed by atoms with Crippen LogP contribution in [0.15, 0.2) is 30.3 Å². The number of likely N-dealkylation sites (tertiary alicyclic amines) is 1. The zero-order chi connectivity index (χ0) is 24.1. The molecule has 0 aliphatic carbocycles. The number of fused-ring (bicyclic) bond motifs is 1. The molecule has 3 aliphatic rings. The number of alkyl halides is 1. The number of halogens is 1. The molecule has 3 unspecified atom stereocenters. The number of para-hydroxylation sites is 1. The maximum Gasteiger partial charge on any atom is 0.244 e. The number of amides is 3. The lowest BCUT2D eigenvalue weighted by atomic mass is 9.70. The molecule has 0 radical (unpaired) electrons. The predicted octanol–water partition coefficient (Wildman–Crippen LogP) is 2.78. The van der Waals surface area contributed by atoms with Crippen LogP contribution in [0.1, 0.15) is 40.5 Å². The van der Waals surface area contributed by atoms with Crippen molar-refractivity contribution in [1.82, 2.24) is 10.2 Å². The van der Waals surface area contributed by atoms with Crippen LogP contribution in [-0.4, -0.2) is 66.8 Å². The molecular weight excluding hydrogens is 506 g/mol. The van der Waals surface area contributed by atoms with Crippen molar-refractivity contribution in [2.45, 2.75) is 73.0 Å². The molecule has 4 rings (SSSR count). The Balaban J connectivity index is 1.74. The van der Waals surface area contributed by atoms with Crippen LogP contribution in [0, 0.1) is 11.8 Å². The van der Waals surface area contributed by atoms with Crippen LogP contribution in [0.25, 0.3) is 0 Å². The van der Waals surface area contributed by atoms with Crippen LogP contribution >= 0.6 is 27.7 Å². The molecule has 3 fully saturated rings. The largest absolute Gasteiger partial charge is 0.394 e. The summed E-state index contributed by atoms with van der Waals surface area (Å²) in [6.45, 7) is 7.40. The van der Waals surface area contributed by atoms with Gasteiger partial charge < -0.3 is 20.6 Å². The summed E-state index contributed by atoms with van der Waals surface area (Å²) in [4.78, 5) is 42.6. The lowest BCUT2D eigenvalue weighted by Crippen LogP contribution is -2.59. The number of thioether (sulfide) groups is 1. The molecule has 3 amide bonds. The van der Waals surface area contributed by atoms with Crippen LogP contribution in [0.5, 0.6) is 0 Å². The van der Waals surface area contributed by atoms with E-state index >= 15 is 0 Å². The highest BCUT2D eigenvalue weighted by molar-refractivity contribution is 9.09. The first-order valence-corrected chi connectivity index (χ1v) is 13.3.